The molecule has 0 fully saturated rings. The van der Waals surface area contributed by atoms with Gasteiger partial charge < -0.3 is 10.6 Å². The number of amides is 2. The molecule has 0 radical (unpaired) electrons. The van der Waals surface area contributed by atoms with Crippen LogP contribution in [-0.2, 0) is 16.0 Å². The minimum Gasteiger partial charge on any atom is -0.349 e. The lowest BCUT2D eigenvalue weighted by molar-refractivity contribution is -0.124. The van der Waals surface area contributed by atoms with Crippen LogP contribution < -0.4 is 10.6 Å². The highest BCUT2D eigenvalue weighted by molar-refractivity contribution is 8.01. The molecule has 4 nitrogen and oxygen atoms in total. The average molecular weight is 438 g/mol. The fraction of sp³-hybridized carbons (Fsp3) is 0.167. The molecule has 1 aliphatic heterocycles. The van der Waals surface area contributed by atoms with Gasteiger partial charge in [-0.15, -0.1) is 11.8 Å². The molecule has 4 rings (SSSR count). The summed E-state index contributed by atoms with van der Waals surface area (Å²) in [4.78, 5) is 26.1. The SMILES string of the molecule is O=C(CC1Sc2ccccc2NC1=O)NC(Cc1cccc(F)c1)c1cccc(F)c1. The van der Waals surface area contributed by atoms with Crippen molar-refractivity contribution in [1.29, 1.82) is 0 Å². The van der Waals surface area contributed by atoms with E-state index in [0.29, 0.717) is 17.5 Å². The number of nitrogens with one attached hydrogen (secondary N) is 2. The molecule has 2 unspecified atom stereocenters. The third kappa shape index (κ3) is 5.30. The summed E-state index contributed by atoms with van der Waals surface area (Å²) in [5.74, 6) is -1.37. The minimum absolute atomic E-state index is 0.0280. The summed E-state index contributed by atoms with van der Waals surface area (Å²) in [6.07, 6.45) is 0.263. The van der Waals surface area contributed by atoms with Crippen molar-refractivity contribution in [2.75, 3.05) is 5.32 Å². The molecule has 1 aliphatic rings. The first-order valence-corrected chi connectivity index (χ1v) is 10.7. The zero-order chi connectivity index (χ0) is 21.8. The maximum Gasteiger partial charge on any atom is 0.238 e. The number of carbonyl (C=O) groups excluding carboxylic acids is 2. The number of halogens is 2. The summed E-state index contributed by atoms with van der Waals surface area (Å²) in [6.45, 7) is 0. The largest absolute Gasteiger partial charge is 0.349 e. The van der Waals surface area contributed by atoms with Gasteiger partial charge in [0.15, 0.2) is 0 Å². The number of fused-ring (bicyclic) bond motifs is 1. The van der Waals surface area contributed by atoms with E-state index in [1.807, 2.05) is 24.3 Å². The molecule has 31 heavy (non-hydrogen) atoms. The van der Waals surface area contributed by atoms with Crippen molar-refractivity contribution in [3.63, 3.8) is 0 Å². The van der Waals surface area contributed by atoms with Crippen LogP contribution in [0.5, 0.6) is 0 Å². The zero-order valence-electron chi connectivity index (χ0n) is 16.5. The van der Waals surface area contributed by atoms with Gasteiger partial charge in [-0.25, -0.2) is 8.78 Å². The van der Waals surface area contributed by atoms with Gasteiger partial charge in [0.1, 0.15) is 11.6 Å². The lowest BCUT2D eigenvalue weighted by atomic mass is 9.98. The molecule has 1 heterocycles. The fourth-order valence-corrected chi connectivity index (χ4v) is 4.63. The first kappa shape index (κ1) is 21.1. The third-order valence-corrected chi connectivity index (χ3v) is 6.27. The first-order valence-electron chi connectivity index (χ1n) is 9.84. The number of carbonyl (C=O) groups is 2. The molecular weight excluding hydrogens is 418 g/mol. The highest BCUT2D eigenvalue weighted by Crippen LogP contribution is 2.36. The molecule has 0 aliphatic carbocycles. The number of rotatable bonds is 6. The lowest BCUT2D eigenvalue weighted by Gasteiger charge is -2.25. The number of anilines is 1. The highest BCUT2D eigenvalue weighted by atomic mass is 32.2. The van der Waals surface area contributed by atoms with Crippen LogP contribution in [0.15, 0.2) is 77.7 Å². The van der Waals surface area contributed by atoms with E-state index in [1.165, 1.54) is 36.0 Å². The van der Waals surface area contributed by atoms with Crippen molar-refractivity contribution in [2.45, 2.75) is 29.0 Å². The summed E-state index contributed by atoms with van der Waals surface area (Å²) in [7, 11) is 0. The molecule has 3 aromatic carbocycles. The van der Waals surface area contributed by atoms with Gasteiger partial charge in [-0.05, 0) is 53.9 Å². The number of para-hydroxylation sites is 1. The van der Waals surface area contributed by atoms with E-state index >= 15 is 0 Å². The predicted molar refractivity (Wildman–Crippen MR) is 117 cm³/mol. The summed E-state index contributed by atoms with van der Waals surface area (Å²) in [5, 5.41) is 5.15. The van der Waals surface area contributed by atoms with E-state index in [-0.39, 0.29) is 24.1 Å². The Labute approximate surface area is 183 Å². The van der Waals surface area contributed by atoms with Gasteiger partial charge >= 0.3 is 0 Å². The third-order valence-electron chi connectivity index (χ3n) is 4.99. The van der Waals surface area contributed by atoms with Crippen LogP contribution in [-0.4, -0.2) is 17.1 Å². The second-order valence-corrected chi connectivity index (χ2v) is 8.55. The van der Waals surface area contributed by atoms with Crippen LogP contribution in [0.1, 0.15) is 23.6 Å². The number of thioether (sulfide) groups is 1. The molecule has 0 spiro atoms. The molecule has 2 amide bonds. The van der Waals surface area contributed by atoms with Gasteiger partial charge in [-0.2, -0.15) is 0 Å². The second-order valence-electron chi connectivity index (χ2n) is 7.31. The van der Waals surface area contributed by atoms with Crippen molar-refractivity contribution in [1.82, 2.24) is 5.32 Å². The molecule has 7 heteroatoms. The lowest BCUT2D eigenvalue weighted by Crippen LogP contribution is -2.36. The Morgan fingerprint density at radius 2 is 1.74 bits per heavy atom. The number of benzene rings is 3. The standard InChI is InChI=1S/C24H20F2N2O2S/c25-17-7-3-5-15(11-17)12-20(16-6-4-8-18(26)13-16)27-23(29)14-22-24(30)28-19-9-1-2-10-21(19)31-22/h1-11,13,20,22H,12,14H2,(H,27,29)(H,28,30). The summed E-state index contributed by atoms with van der Waals surface area (Å²) < 4.78 is 27.4. The monoisotopic (exact) mass is 438 g/mol. The average Bonchev–Trinajstić information content (AvgIpc) is 2.74. The van der Waals surface area contributed by atoms with E-state index in [4.69, 9.17) is 0 Å². The van der Waals surface area contributed by atoms with Gasteiger partial charge in [-0.1, -0.05) is 36.4 Å². The van der Waals surface area contributed by atoms with Crippen molar-refractivity contribution in [2.24, 2.45) is 0 Å². The Hall–Kier alpha value is -3.19. The fourth-order valence-electron chi connectivity index (χ4n) is 3.52. The van der Waals surface area contributed by atoms with Crippen LogP contribution in [0.25, 0.3) is 0 Å². The van der Waals surface area contributed by atoms with Gasteiger partial charge in [-0.3, -0.25) is 9.59 Å². The molecule has 0 saturated carbocycles. The number of hydrogen-bond donors (Lipinski definition) is 2. The maximum absolute atomic E-state index is 13.8. The van der Waals surface area contributed by atoms with Crippen molar-refractivity contribution < 1.29 is 18.4 Å². The van der Waals surface area contributed by atoms with E-state index < -0.39 is 17.1 Å². The molecule has 158 valence electrons. The molecule has 2 atom stereocenters. The van der Waals surface area contributed by atoms with Crippen molar-refractivity contribution in [3.8, 4) is 0 Å². The van der Waals surface area contributed by atoms with Crippen molar-refractivity contribution >= 4 is 29.3 Å². The Kier molecular flexibility index (Phi) is 6.32. The van der Waals surface area contributed by atoms with Crippen LogP contribution in [0.4, 0.5) is 14.5 Å². The van der Waals surface area contributed by atoms with Gasteiger partial charge in [0.2, 0.25) is 11.8 Å². The molecular formula is C24H20F2N2O2S. The number of hydrogen-bond acceptors (Lipinski definition) is 3. The highest BCUT2D eigenvalue weighted by Gasteiger charge is 2.29. The van der Waals surface area contributed by atoms with E-state index in [2.05, 4.69) is 10.6 Å². The predicted octanol–water partition coefficient (Wildman–Crippen LogP) is 4.87. The van der Waals surface area contributed by atoms with Gasteiger partial charge in [0.05, 0.1) is 17.0 Å². The Balaban J connectivity index is 1.50. The smallest absolute Gasteiger partial charge is 0.238 e. The molecule has 0 aromatic heterocycles. The molecule has 2 N–H and O–H groups in total. The van der Waals surface area contributed by atoms with E-state index in [1.54, 1.807) is 24.3 Å². The quantitative estimate of drug-likeness (QED) is 0.578. The summed E-state index contributed by atoms with van der Waals surface area (Å²) in [5.41, 5.74) is 1.98. The Morgan fingerprint density at radius 3 is 2.52 bits per heavy atom. The molecule has 0 saturated heterocycles. The van der Waals surface area contributed by atoms with E-state index in [9.17, 15) is 18.4 Å². The summed E-state index contributed by atoms with van der Waals surface area (Å²) >= 11 is 1.34. The molecule has 0 bridgehead atoms. The molecule has 3 aromatic rings. The summed E-state index contributed by atoms with van der Waals surface area (Å²) in [6, 6.07) is 18.9. The van der Waals surface area contributed by atoms with Gasteiger partial charge in [0.25, 0.3) is 0 Å². The van der Waals surface area contributed by atoms with Crippen molar-refractivity contribution in [3.05, 3.63) is 95.6 Å². The zero-order valence-corrected chi connectivity index (χ0v) is 17.3. The Morgan fingerprint density at radius 1 is 1.00 bits per heavy atom. The van der Waals surface area contributed by atoms with Gasteiger partial charge in [0, 0.05) is 11.3 Å². The van der Waals surface area contributed by atoms with Crippen LogP contribution >= 0.6 is 11.8 Å². The Bertz CT molecular complexity index is 1120. The topological polar surface area (TPSA) is 58.2 Å². The second kappa shape index (κ2) is 9.31. The van der Waals surface area contributed by atoms with Crippen LogP contribution in [0.3, 0.4) is 0 Å². The van der Waals surface area contributed by atoms with E-state index in [0.717, 1.165) is 10.6 Å². The normalized spacial score (nSPS) is 16.2. The van der Waals surface area contributed by atoms with Crippen LogP contribution in [0.2, 0.25) is 0 Å². The van der Waals surface area contributed by atoms with Crippen LogP contribution in [0, 0.1) is 11.6 Å². The maximum atomic E-state index is 13.8. The minimum atomic E-state index is -0.572. The first-order chi connectivity index (χ1) is 15.0.